The molecular weight excluding hydrogens is 252 g/mol. The van der Waals surface area contributed by atoms with Crippen LogP contribution < -0.4 is 0 Å². The minimum atomic E-state index is -0.225. The molecule has 0 bridgehead atoms. The topological polar surface area (TPSA) is 20.2 Å². The van der Waals surface area contributed by atoms with E-state index in [4.69, 9.17) is 0 Å². The SMILES string of the molecule is C=CSC[C@@H]1CC[C@H](O)/C(C)=C\C[C@@H]2[C@@H]1CC2(C)C. The summed E-state index contributed by atoms with van der Waals surface area (Å²) in [6, 6.07) is 0. The first-order valence-electron chi connectivity index (χ1n) is 7.53. The van der Waals surface area contributed by atoms with Crippen LogP contribution in [0.1, 0.15) is 46.5 Å². The number of fused-ring (bicyclic) bond motifs is 1. The summed E-state index contributed by atoms with van der Waals surface area (Å²) in [6.07, 6.45) is 6.65. The van der Waals surface area contributed by atoms with Crippen molar-refractivity contribution in [2.24, 2.45) is 23.2 Å². The normalized spacial score (nSPS) is 40.7. The third-order valence-electron chi connectivity index (χ3n) is 5.35. The average molecular weight is 280 g/mol. The Morgan fingerprint density at radius 1 is 1.47 bits per heavy atom. The molecule has 1 saturated carbocycles. The molecule has 1 N–H and O–H groups in total. The highest BCUT2D eigenvalue weighted by Crippen LogP contribution is 2.57. The standard InChI is InChI=1S/C17H28OS/c1-5-19-11-13-7-9-16(18)12(2)6-8-15-14(13)10-17(15,3)4/h5-6,13-16,18H,1,7-11H2,2-4H3/b12-6-/t13-,14+,15+,16-/m0/s1. The smallest absolute Gasteiger partial charge is 0.0747 e. The van der Waals surface area contributed by atoms with Crippen LogP contribution in [0.5, 0.6) is 0 Å². The number of aliphatic hydroxyl groups is 1. The second kappa shape index (κ2) is 6.05. The van der Waals surface area contributed by atoms with Gasteiger partial charge in [-0.15, -0.1) is 11.8 Å². The summed E-state index contributed by atoms with van der Waals surface area (Å²) in [7, 11) is 0. The maximum absolute atomic E-state index is 10.2. The third-order valence-corrected chi connectivity index (χ3v) is 6.20. The van der Waals surface area contributed by atoms with E-state index in [2.05, 4.69) is 33.4 Å². The zero-order valence-corrected chi connectivity index (χ0v) is 13.4. The van der Waals surface area contributed by atoms with Crippen molar-refractivity contribution in [3.8, 4) is 0 Å². The van der Waals surface area contributed by atoms with Gasteiger partial charge in [-0.1, -0.05) is 26.5 Å². The van der Waals surface area contributed by atoms with Crippen LogP contribution in [0.15, 0.2) is 23.6 Å². The number of allylic oxidation sites excluding steroid dienone is 1. The molecule has 0 aromatic carbocycles. The molecule has 4 atom stereocenters. The van der Waals surface area contributed by atoms with E-state index in [0.29, 0.717) is 5.41 Å². The quantitative estimate of drug-likeness (QED) is 0.760. The summed E-state index contributed by atoms with van der Waals surface area (Å²) in [5.41, 5.74) is 1.66. The monoisotopic (exact) mass is 280 g/mol. The second-order valence-corrected chi connectivity index (χ2v) is 8.00. The number of aliphatic hydroxyl groups excluding tert-OH is 1. The van der Waals surface area contributed by atoms with Crippen molar-refractivity contribution in [3.05, 3.63) is 23.6 Å². The van der Waals surface area contributed by atoms with E-state index in [0.717, 1.165) is 37.0 Å². The Morgan fingerprint density at radius 2 is 2.21 bits per heavy atom. The molecule has 2 aliphatic carbocycles. The number of hydrogen-bond donors (Lipinski definition) is 1. The van der Waals surface area contributed by atoms with Crippen LogP contribution in [0.2, 0.25) is 0 Å². The second-order valence-electron chi connectivity index (χ2n) is 7.00. The highest BCUT2D eigenvalue weighted by molar-refractivity contribution is 8.02. The minimum absolute atomic E-state index is 0.225. The van der Waals surface area contributed by atoms with E-state index in [1.54, 1.807) is 0 Å². The molecule has 2 aliphatic rings. The molecule has 0 amide bonds. The van der Waals surface area contributed by atoms with Gasteiger partial charge in [0.15, 0.2) is 0 Å². The zero-order valence-electron chi connectivity index (χ0n) is 12.6. The van der Waals surface area contributed by atoms with E-state index in [-0.39, 0.29) is 6.10 Å². The highest BCUT2D eigenvalue weighted by atomic mass is 32.2. The Hall–Kier alpha value is -0.210. The lowest BCUT2D eigenvalue weighted by molar-refractivity contribution is -0.0416. The van der Waals surface area contributed by atoms with E-state index < -0.39 is 0 Å². The van der Waals surface area contributed by atoms with Crippen molar-refractivity contribution in [2.75, 3.05) is 5.75 Å². The van der Waals surface area contributed by atoms with Crippen molar-refractivity contribution >= 4 is 11.8 Å². The van der Waals surface area contributed by atoms with Gasteiger partial charge in [-0.25, -0.2) is 0 Å². The average Bonchev–Trinajstić information content (AvgIpc) is 2.39. The summed E-state index contributed by atoms with van der Waals surface area (Å²) >= 11 is 1.84. The molecule has 1 fully saturated rings. The Kier molecular flexibility index (Phi) is 4.84. The Labute approximate surface area is 122 Å². The van der Waals surface area contributed by atoms with E-state index in [1.165, 1.54) is 17.7 Å². The molecule has 0 saturated heterocycles. The van der Waals surface area contributed by atoms with E-state index in [1.807, 2.05) is 17.2 Å². The van der Waals surface area contributed by atoms with Crippen LogP contribution in [-0.2, 0) is 0 Å². The number of rotatable bonds is 3. The number of thioether (sulfide) groups is 1. The van der Waals surface area contributed by atoms with Gasteiger partial charge in [-0.3, -0.25) is 0 Å². The fraction of sp³-hybridized carbons (Fsp3) is 0.765. The van der Waals surface area contributed by atoms with Crippen molar-refractivity contribution in [1.82, 2.24) is 0 Å². The van der Waals surface area contributed by atoms with Crippen molar-refractivity contribution in [1.29, 1.82) is 0 Å². The summed E-state index contributed by atoms with van der Waals surface area (Å²) in [6.45, 7) is 10.7. The summed E-state index contributed by atoms with van der Waals surface area (Å²) in [5.74, 6) is 3.56. The first-order valence-corrected chi connectivity index (χ1v) is 8.58. The van der Waals surface area contributed by atoms with Crippen LogP contribution in [0, 0.1) is 23.2 Å². The van der Waals surface area contributed by atoms with Gasteiger partial charge < -0.3 is 5.11 Å². The minimum Gasteiger partial charge on any atom is -0.389 e. The fourth-order valence-electron chi connectivity index (χ4n) is 3.97. The maximum Gasteiger partial charge on any atom is 0.0747 e. The lowest BCUT2D eigenvalue weighted by atomic mass is 9.51. The Bertz CT molecular complexity index is 358. The van der Waals surface area contributed by atoms with E-state index >= 15 is 0 Å². The number of hydrogen-bond acceptors (Lipinski definition) is 2. The van der Waals surface area contributed by atoms with Crippen LogP contribution in [0.4, 0.5) is 0 Å². The van der Waals surface area contributed by atoms with E-state index in [9.17, 15) is 5.11 Å². The van der Waals surface area contributed by atoms with Gasteiger partial charge in [0.05, 0.1) is 6.10 Å². The van der Waals surface area contributed by atoms with Crippen LogP contribution in [0.25, 0.3) is 0 Å². The van der Waals surface area contributed by atoms with Crippen LogP contribution in [0.3, 0.4) is 0 Å². The van der Waals surface area contributed by atoms with Gasteiger partial charge in [0, 0.05) is 5.75 Å². The lowest BCUT2D eigenvalue weighted by Crippen LogP contribution is -2.47. The van der Waals surface area contributed by atoms with Gasteiger partial charge in [-0.2, -0.15) is 0 Å². The van der Waals surface area contributed by atoms with Gasteiger partial charge >= 0.3 is 0 Å². The van der Waals surface area contributed by atoms with Crippen molar-refractivity contribution in [2.45, 2.75) is 52.6 Å². The first kappa shape index (κ1) is 15.2. The van der Waals surface area contributed by atoms with Gasteiger partial charge in [-0.05, 0) is 66.8 Å². The molecule has 2 heteroatoms. The van der Waals surface area contributed by atoms with Gasteiger partial charge in [0.1, 0.15) is 0 Å². The van der Waals surface area contributed by atoms with Gasteiger partial charge in [0.2, 0.25) is 0 Å². The molecular formula is C17H28OS. The largest absolute Gasteiger partial charge is 0.389 e. The Balaban J connectivity index is 2.13. The van der Waals surface area contributed by atoms with Crippen molar-refractivity contribution in [3.63, 3.8) is 0 Å². The van der Waals surface area contributed by atoms with Crippen LogP contribution >= 0.6 is 11.8 Å². The molecule has 0 aromatic heterocycles. The third kappa shape index (κ3) is 3.28. The molecule has 0 aliphatic heterocycles. The summed E-state index contributed by atoms with van der Waals surface area (Å²) in [5, 5.41) is 12.1. The Morgan fingerprint density at radius 3 is 2.84 bits per heavy atom. The van der Waals surface area contributed by atoms with Crippen LogP contribution in [-0.4, -0.2) is 17.0 Å². The maximum atomic E-state index is 10.2. The highest BCUT2D eigenvalue weighted by Gasteiger charge is 2.49. The molecule has 2 rings (SSSR count). The molecule has 108 valence electrons. The molecule has 0 heterocycles. The zero-order chi connectivity index (χ0) is 14.0. The first-order chi connectivity index (χ1) is 8.95. The lowest BCUT2D eigenvalue weighted by Gasteiger charge is -2.54. The van der Waals surface area contributed by atoms with Crippen molar-refractivity contribution < 1.29 is 5.11 Å². The molecule has 0 aromatic rings. The molecule has 0 unspecified atom stereocenters. The predicted octanol–water partition coefficient (Wildman–Crippen LogP) is 4.63. The molecule has 0 radical (unpaired) electrons. The summed E-state index contributed by atoms with van der Waals surface area (Å²) < 4.78 is 0. The van der Waals surface area contributed by atoms with Gasteiger partial charge in [0.25, 0.3) is 0 Å². The predicted molar refractivity (Wildman–Crippen MR) is 85.1 cm³/mol. The molecule has 0 spiro atoms. The summed E-state index contributed by atoms with van der Waals surface area (Å²) in [4.78, 5) is 0. The molecule has 1 nitrogen and oxygen atoms in total. The fourth-order valence-corrected chi connectivity index (χ4v) is 4.77. The molecule has 19 heavy (non-hydrogen) atoms.